The Hall–Kier alpha value is -1.05. The first-order chi connectivity index (χ1) is 6.61. The van der Waals surface area contributed by atoms with Crippen molar-refractivity contribution in [2.45, 2.75) is 26.3 Å². The maximum atomic E-state index is 11.5. The highest BCUT2D eigenvalue weighted by atomic mass is 16.2. The Morgan fingerprint density at radius 1 is 1.50 bits per heavy atom. The number of hydrogen-bond donors (Lipinski definition) is 0. The quantitative estimate of drug-likeness (QED) is 0.580. The number of rotatable bonds is 1. The molecule has 0 spiro atoms. The molecule has 0 aromatic heterocycles. The molecule has 1 amide bonds. The third kappa shape index (κ3) is 1.29. The van der Waals surface area contributed by atoms with Gasteiger partial charge in [0.05, 0.1) is 6.04 Å². The van der Waals surface area contributed by atoms with E-state index in [2.05, 4.69) is 26.0 Å². The average Bonchev–Trinajstić information content (AvgIpc) is 2.55. The topological polar surface area (TPSA) is 20.3 Å². The van der Waals surface area contributed by atoms with Crippen molar-refractivity contribution < 1.29 is 4.79 Å². The van der Waals surface area contributed by atoms with Gasteiger partial charge in [-0.05, 0) is 24.0 Å². The van der Waals surface area contributed by atoms with Gasteiger partial charge < -0.3 is 4.90 Å². The minimum Gasteiger partial charge on any atom is -0.335 e. The Labute approximate surface area is 85.3 Å². The molecular weight excluding hydrogens is 174 g/mol. The van der Waals surface area contributed by atoms with Gasteiger partial charge in [0.1, 0.15) is 0 Å². The molecule has 2 heteroatoms. The number of hydrogen-bond acceptors (Lipinski definition) is 1. The second-order valence-corrected chi connectivity index (χ2v) is 4.51. The fourth-order valence-corrected chi connectivity index (χ4v) is 2.50. The molecule has 0 saturated heterocycles. The second-order valence-electron chi connectivity index (χ2n) is 4.51. The molecule has 0 bridgehead atoms. The van der Waals surface area contributed by atoms with E-state index in [1.54, 1.807) is 6.08 Å². The average molecular weight is 191 g/mol. The van der Waals surface area contributed by atoms with Crippen LogP contribution >= 0.6 is 0 Å². The summed E-state index contributed by atoms with van der Waals surface area (Å²) in [6.07, 6.45) is 7.17. The molecule has 0 fully saturated rings. The Balaban J connectivity index is 2.29. The maximum absolute atomic E-state index is 11.5. The molecule has 1 aliphatic carbocycles. The van der Waals surface area contributed by atoms with Crippen LogP contribution in [0, 0.1) is 11.8 Å². The summed E-state index contributed by atoms with van der Waals surface area (Å²) in [7, 11) is 1.91. The molecule has 0 aromatic carbocycles. The summed E-state index contributed by atoms with van der Waals surface area (Å²) in [5.41, 5.74) is 1.43. The van der Waals surface area contributed by atoms with Crippen LogP contribution in [0.1, 0.15) is 20.3 Å². The first kappa shape index (κ1) is 9.50. The predicted octanol–water partition coefficient (Wildman–Crippen LogP) is 1.99. The largest absolute Gasteiger partial charge is 0.335 e. The summed E-state index contributed by atoms with van der Waals surface area (Å²) in [5, 5.41) is 0. The van der Waals surface area contributed by atoms with E-state index in [4.69, 9.17) is 0 Å². The second kappa shape index (κ2) is 3.26. The standard InChI is InChI=1S/C12H17NO/c1-8(2)10-6-4-9-5-7-11(14)13(3)12(9)10/h5-9,12H,4H2,1-3H3. The highest BCUT2D eigenvalue weighted by molar-refractivity contribution is 5.89. The van der Waals surface area contributed by atoms with E-state index in [0.29, 0.717) is 17.9 Å². The highest BCUT2D eigenvalue weighted by Gasteiger charge is 2.36. The van der Waals surface area contributed by atoms with Gasteiger partial charge in [-0.25, -0.2) is 0 Å². The van der Waals surface area contributed by atoms with E-state index in [1.807, 2.05) is 11.9 Å². The Bertz CT molecular complexity index is 314. The van der Waals surface area contributed by atoms with Crippen LogP contribution in [0.4, 0.5) is 0 Å². The van der Waals surface area contributed by atoms with E-state index < -0.39 is 0 Å². The van der Waals surface area contributed by atoms with Crippen molar-refractivity contribution in [1.29, 1.82) is 0 Å². The van der Waals surface area contributed by atoms with Crippen LogP contribution in [-0.2, 0) is 4.79 Å². The van der Waals surface area contributed by atoms with E-state index in [9.17, 15) is 4.79 Å². The third-order valence-electron chi connectivity index (χ3n) is 3.29. The van der Waals surface area contributed by atoms with Gasteiger partial charge in [-0.3, -0.25) is 4.79 Å². The molecule has 76 valence electrons. The Morgan fingerprint density at radius 3 is 2.86 bits per heavy atom. The lowest BCUT2D eigenvalue weighted by Gasteiger charge is -2.34. The van der Waals surface area contributed by atoms with Crippen molar-refractivity contribution in [3.8, 4) is 0 Å². The van der Waals surface area contributed by atoms with E-state index in [1.165, 1.54) is 5.57 Å². The Morgan fingerprint density at radius 2 is 2.21 bits per heavy atom. The normalized spacial score (nSPS) is 31.0. The first-order valence-corrected chi connectivity index (χ1v) is 5.26. The first-order valence-electron chi connectivity index (χ1n) is 5.26. The van der Waals surface area contributed by atoms with Crippen LogP contribution in [0.25, 0.3) is 0 Å². The number of likely N-dealkylation sites (N-methyl/N-ethyl adjacent to an activating group) is 1. The zero-order chi connectivity index (χ0) is 10.3. The van der Waals surface area contributed by atoms with Crippen LogP contribution in [0.2, 0.25) is 0 Å². The fourth-order valence-electron chi connectivity index (χ4n) is 2.50. The number of nitrogens with zero attached hydrogens (tertiary/aromatic N) is 1. The zero-order valence-electron chi connectivity index (χ0n) is 9.03. The summed E-state index contributed by atoms with van der Waals surface area (Å²) in [5.74, 6) is 1.21. The molecule has 1 aliphatic heterocycles. The van der Waals surface area contributed by atoms with Crippen molar-refractivity contribution in [3.63, 3.8) is 0 Å². The van der Waals surface area contributed by atoms with Crippen molar-refractivity contribution in [3.05, 3.63) is 23.8 Å². The summed E-state index contributed by atoms with van der Waals surface area (Å²) in [4.78, 5) is 13.4. The van der Waals surface area contributed by atoms with Gasteiger partial charge in [-0.15, -0.1) is 0 Å². The summed E-state index contributed by atoms with van der Waals surface area (Å²) >= 11 is 0. The van der Waals surface area contributed by atoms with Gasteiger partial charge in [0.2, 0.25) is 5.91 Å². The lowest BCUT2D eigenvalue weighted by Crippen LogP contribution is -2.43. The molecule has 0 aromatic rings. The van der Waals surface area contributed by atoms with Gasteiger partial charge in [0.15, 0.2) is 0 Å². The Kier molecular flexibility index (Phi) is 2.22. The van der Waals surface area contributed by atoms with Crippen molar-refractivity contribution in [1.82, 2.24) is 4.90 Å². The number of allylic oxidation sites excluding steroid dienone is 1. The number of carbonyl (C=O) groups excluding carboxylic acids is 1. The molecule has 0 radical (unpaired) electrons. The molecule has 2 aliphatic rings. The van der Waals surface area contributed by atoms with Crippen molar-refractivity contribution >= 4 is 5.91 Å². The van der Waals surface area contributed by atoms with Crippen LogP contribution in [0.15, 0.2) is 23.8 Å². The monoisotopic (exact) mass is 191 g/mol. The molecular formula is C12H17NO. The maximum Gasteiger partial charge on any atom is 0.246 e. The summed E-state index contributed by atoms with van der Waals surface area (Å²) in [6.45, 7) is 4.40. The van der Waals surface area contributed by atoms with Crippen molar-refractivity contribution in [2.24, 2.45) is 11.8 Å². The lowest BCUT2D eigenvalue weighted by atomic mass is 9.89. The summed E-state index contributed by atoms with van der Waals surface area (Å²) < 4.78 is 0. The zero-order valence-corrected chi connectivity index (χ0v) is 9.03. The van der Waals surface area contributed by atoms with Gasteiger partial charge in [-0.2, -0.15) is 0 Å². The minimum atomic E-state index is 0.139. The third-order valence-corrected chi connectivity index (χ3v) is 3.29. The van der Waals surface area contributed by atoms with Crippen LogP contribution in [-0.4, -0.2) is 23.9 Å². The van der Waals surface area contributed by atoms with Gasteiger partial charge in [-0.1, -0.05) is 26.0 Å². The predicted molar refractivity (Wildman–Crippen MR) is 56.7 cm³/mol. The molecule has 2 atom stereocenters. The van der Waals surface area contributed by atoms with Gasteiger partial charge in [0, 0.05) is 13.0 Å². The van der Waals surface area contributed by atoms with Crippen LogP contribution in [0.5, 0.6) is 0 Å². The smallest absolute Gasteiger partial charge is 0.246 e. The molecule has 14 heavy (non-hydrogen) atoms. The van der Waals surface area contributed by atoms with Gasteiger partial charge >= 0.3 is 0 Å². The molecule has 2 unspecified atom stereocenters. The van der Waals surface area contributed by atoms with E-state index in [0.717, 1.165) is 6.42 Å². The number of amides is 1. The van der Waals surface area contributed by atoms with Crippen LogP contribution < -0.4 is 0 Å². The number of fused-ring (bicyclic) bond motifs is 1. The number of carbonyl (C=O) groups is 1. The lowest BCUT2D eigenvalue weighted by molar-refractivity contribution is -0.127. The SMILES string of the molecule is CC(C)C1=CCC2C=CC(=O)N(C)C12. The molecule has 2 rings (SSSR count). The molecule has 2 nitrogen and oxygen atoms in total. The van der Waals surface area contributed by atoms with Crippen LogP contribution in [0.3, 0.4) is 0 Å². The van der Waals surface area contributed by atoms with E-state index in [-0.39, 0.29) is 5.91 Å². The molecule has 1 heterocycles. The highest BCUT2D eigenvalue weighted by Crippen LogP contribution is 2.36. The molecule has 0 N–H and O–H groups in total. The summed E-state index contributed by atoms with van der Waals surface area (Å²) in [6, 6.07) is 0.326. The van der Waals surface area contributed by atoms with Gasteiger partial charge in [0.25, 0.3) is 0 Å². The van der Waals surface area contributed by atoms with E-state index >= 15 is 0 Å². The molecule has 0 saturated carbocycles. The minimum absolute atomic E-state index is 0.139. The fraction of sp³-hybridized carbons (Fsp3) is 0.583. The van der Waals surface area contributed by atoms with Crippen molar-refractivity contribution in [2.75, 3.05) is 7.05 Å².